The highest BCUT2D eigenvalue weighted by Crippen LogP contribution is 2.46. The van der Waals surface area contributed by atoms with Crippen molar-refractivity contribution >= 4 is 15.8 Å². The third-order valence-corrected chi connectivity index (χ3v) is 8.33. The lowest BCUT2D eigenvalue weighted by atomic mass is 9.96. The number of alkyl halides is 3. The Morgan fingerprint density at radius 1 is 1.14 bits per heavy atom. The molecule has 0 spiro atoms. The molecule has 2 aliphatic rings. The summed E-state index contributed by atoms with van der Waals surface area (Å²) in [5.41, 5.74) is 3.01. The van der Waals surface area contributed by atoms with Crippen molar-refractivity contribution in [3.05, 3.63) is 72.0 Å². The molecule has 186 valence electrons. The quantitative estimate of drug-likeness (QED) is 0.559. The minimum absolute atomic E-state index is 0.00756. The van der Waals surface area contributed by atoms with E-state index < -0.39 is 22.0 Å². The first-order chi connectivity index (χ1) is 16.5. The fraction of sp³-hybridized carbons (Fsp3) is 0.292. The molecule has 2 aromatic carbocycles. The zero-order chi connectivity index (χ0) is 25.4. The number of furan rings is 1. The van der Waals surface area contributed by atoms with E-state index in [4.69, 9.17) is 19.1 Å². The van der Waals surface area contributed by atoms with Crippen LogP contribution in [0.5, 0.6) is 5.75 Å². The molecule has 2 aliphatic heterocycles. The Labute approximate surface area is 199 Å². The molecule has 5 rings (SSSR count). The van der Waals surface area contributed by atoms with E-state index in [1.165, 1.54) is 0 Å². The Morgan fingerprint density at radius 2 is 1.83 bits per heavy atom. The van der Waals surface area contributed by atoms with Crippen LogP contribution in [-0.4, -0.2) is 56.0 Å². The molecule has 0 bridgehead atoms. The van der Waals surface area contributed by atoms with E-state index in [9.17, 15) is 21.6 Å². The van der Waals surface area contributed by atoms with E-state index >= 15 is 0 Å². The van der Waals surface area contributed by atoms with Gasteiger partial charge in [0.2, 0.25) is 0 Å². The van der Waals surface area contributed by atoms with Crippen molar-refractivity contribution in [3.8, 4) is 17.1 Å². The van der Waals surface area contributed by atoms with Gasteiger partial charge in [-0.25, -0.2) is 13.2 Å². The van der Waals surface area contributed by atoms with Gasteiger partial charge in [-0.15, -0.1) is 0 Å². The number of benzene rings is 2. The first-order valence-corrected chi connectivity index (χ1v) is 12.1. The predicted octanol–water partition coefficient (Wildman–Crippen LogP) is 4.34. The van der Waals surface area contributed by atoms with Crippen molar-refractivity contribution in [2.45, 2.75) is 28.8 Å². The zero-order valence-electron chi connectivity index (χ0n) is 18.5. The van der Waals surface area contributed by atoms with Crippen LogP contribution in [0.25, 0.3) is 11.3 Å². The molecule has 1 N–H and O–H groups in total. The summed E-state index contributed by atoms with van der Waals surface area (Å²) in [7, 11) is -1.65. The fourth-order valence-electron chi connectivity index (χ4n) is 4.44. The molecule has 11 heteroatoms. The van der Waals surface area contributed by atoms with Gasteiger partial charge in [-0.2, -0.15) is 13.2 Å². The van der Waals surface area contributed by atoms with E-state index in [1.807, 2.05) is 48.5 Å². The van der Waals surface area contributed by atoms with Crippen LogP contribution in [0, 0.1) is 0 Å². The number of methoxy groups -OCH3 is 1. The molecule has 3 heterocycles. The number of halogens is 3. The minimum atomic E-state index is -5.08. The Morgan fingerprint density at radius 3 is 2.40 bits per heavy atom. The van der Waals surface area contributed by atoms with Crippen LogP contribution in [0.2, 0.25) is 0 Å². The molecule has 2 atom stereocenters. The average molecular weight is 510 g/mol. The molecular weight excluding hydrogens is 487 g/mol. The first-order valence-electron chi connectivity index (χ1n) is 10.6. The molecule has 1 fully saturated rings. The Kier molecular flexibility index (Phi) is 6.65. The maximum absolute atomic E-state index is 13.1. The summed E-state index contributed by atoms with van der Waals surface area (Å²) in [4.78, 5) is 11.6. The van der Waals surface area contributed by atoms with Crippen LogP contribution in [0.15, 0.2) is 70.2 Å². The third kappa shape index (κ3) is 5.06. The molecule has 2 unspecified atom stereocenters. The second-order valence-electron chi connectivity index (χ2n) is 8.26. The van der Waals surface area contributed by atoms with Gasteiger partial charge < -0.3 is 14.3 Å². The molecule has 0 aliphatic carbocycles. The van der Waals surface area contributed by atoms with Gasteiger partial charge in [-0.3, -0.25) is 4.90 Å². The highest BCUT2D eigenvalue weighted by atomic mass is 32.2. The van der Waals surface area contributed by atoms with Gasteiger partial charge in [0.05, 0.1) is 23.5 Å². The SMILES string of the molecule is COc1ccc(CN2CC3c4cc(-c5ccco5)ccc4S(=O)(=O)C3C2)cc1.O=C(O)C(F)(F)F. The maximum atomic E-state index is 13.1. The van der Waals surface area contributed by atoms with Crippen molar-refractivity contribution < 1.29 is 40.6 Å². The van der Waals surface area contributed by atoms with Crippen molar-refractivity contribution in [1.82, 2.24) is 4.90 Å². The van der Waals surface area contributed by atoms with E-state index in [0.717, 1.165) is 41.3 Å². The first kappa shape index (κ1) is 24.8. The summed E-state index contributed by atoms with van der Waals surface area (Å²) < 4.78 is 68.6. The number of rotatable bonds is 4. The maximum Gasteiger partial charge on any atom is 0.490 e. The van der Waals surface area contributed by atoms with Crippen LogP contribution in [-0.2, 0) is 21.2 Å². The fourth-order valence-corrected chi connectivity index (χ4v) is 6.63. The number of ether oxygens (including phenoxy) is 1. The molecule has 0 amide bonds. The molecule has 7 nitrogen and oxygen atoms in total. The summed E-state index contributed by atoms with van der Waals surface area (Å²) in [6.45, 7) is 2.04. The van der Waals surface area contributed by atoms with Gasteiger partial charge in [0.1, 0.15) is 11.5 Å². The largest absolute Gasteiger partial charge is 0.497 e. The summed E-state index contributed by atoms with van der Waals surface area (Å²) in [5.74, 6) is -1.17. The zero-order valence-corrected chi connectivity index (χ0v) is 19.3. The average Bonchev–Trinajstić information content (AvgIpc) is 3.53. The number of fused-ring (bicyclic) bond motifs is 3. The molecule has 35 heavy (non-hydrogen) atoms. The van der Waals surface area contributed by atoms with Crippen molar-refractivity contribution in [2.24, 2.45) is 0 Å². The van der Waals surface area contributed by atoms with E-state index in [0.29, 0.717) is 11.4 Å². The smallest absolute Gasteiger partial charge is 0.490 e. The minimum Gasteiger partial charge on any atom is -0.497 e. The number of aliphatic carboxylic acids is 1. The van der Waals surface area contributed by atoms with E-state index in [1.54, 1.807) is 19.4 Å². The normalized spacial score (nSPS) is 20.5. The second-order valence-corrected chi connectivity index (χ2v) is 10.4. The molecule has 0 radical (unpaired) electrons. The number of nitrogens with zero attached hydrogens (tertiary/aromatic N) is 1. The van der Waals surface area contributed by atoms with E-state index in [2.05, 4.69) is 4.90 Å². The molecule has 1 saturated heterocycles. The Hall–Kier alpha value is -3.31. The molecule has 0 saturated carbocycles. The Bertz CT molecular complexity index is 1300. The summed E-state index contributed by atoms with van der Waals surface area (Å²) in [5, 5.41) is 6.76. The molecule has 1 aromatic heterocycles. The summed E-state index contributed by atoms with van der Waals surface area (Å²) >= 11 is 0. The van der Waals surface area contributed by atoms with Crippen LogP contribution in [0.1, 0.15) is 17.0 Å². The van der Waals surface area contributed by atoms with Gasteiger partial charge in [0, 0.05) is 31.1 Å². The van der Waals surface area contributed by atoms with Crippen LogP contribution in [0.3, 0.4) is 0 Å². The predicted molar refractivity (Wildman–Crippen MR) is 120 cm³/mol. The monoisotopic (exact) mass is 509 g/mol. The lowest BCUT2D eigenvalue weighted by Crippen LogP contribution is -2.25. The van der Waals surface area contributed by atoms with Crippen molar-refractivity contribution in [3.63, 3.8) is 0 Å². The van der Waals surface area contributed by atoms with Gasteiger partial charge in [-0.05, 0) is 53.6 Å². The summed E-state index contributed by atoms with van der Waals surface area (Å²) in [6.07, 6.45) is -3.45. The van der Waals surface area contributed by atoms with Crippen molar-refractivity contribution in [1.29, 1.82) is 0 Å². The van der Waals surface area contributed by atoms with Crippen LogP contribution < -0.4 is 4.74 Å². The van der Waals surface area contributed by atoms with Gasteiger partial charge >= 0.3 is 12.1 Å². The van der Waals surface area contributed by atoms with Gasteiger partial charge in [0.25, 0.3) is 0 Å². The standard InChI is InChI=1S/C22H21NO4S.C2HF3O2/c1-26-17-7-4-15(5-8-17)12-23-13-19-18-11-16(20-3-2-10-27-20)6-9-21(18)28(24,25)22(19)14-23;3-2(4,5)1(6)7/h2-11,19,22H,12-14H2,1H3;(H,6,7). The topological polar surface area (TPSA) is 97.0 Å². The summed E-state index contributed by atoms with van der Waals surface area (Å²) in [6, 6.07) is 17.3. The second kappa shape index (κ2) is 9.38. The highest BCUT2D eigenvalue weighted by Gasteiger charge is 2.50. The number of likely N-dealkylation sites (tertiary alicyclic amines) is 1. The van der Waals surface area contributed by atoms with Crippen LogP contribution in [0.4, 0.5) is 13.2 Å². The number of carboxylic acids is 1. The lowest BCUT2D eigenvalue weighted by molar-refractivity contribution is -0.192. The Balaban J connectivity index is 0.000000364. The lowest BCUT2D eigenvalue weighted by Gasteiger charge is -2.17. The number of sulfone groups is 1. The third-order valence-electron chi connectivity index (χ3n) is 6.07. The number of carboxylic acid groups (broad SMARTS) is 1. The number of hydrogen-bond acceptors (Lipinski definition) is 6. The van der Waals surface area contributed by atoms with Crippen molar-refractivity contribution in [2.75, 3.05) is 20.2 Å². The number of hydrogen-bond donors (Lipinski definition) is 1. The van der Waals surface area contributed by atoms with Gasteiger partial charge in [0.15, 0.2) is 9.84 Å². The molecular formula is C24H22F3NO6S. The van der Waals surface area contributed by atoms with E-state index in [-0.39, 0.29) is 11.2 Å². The highest BCUT2D eigenvalue weighted by molar-refractivity contribution is 7.92. The number of carbonyl (C=O) groups is 1. The molecule has 3 aromatic rings. The van der Waals surface area contributed by atoms with Crippen LogP contribution >= 0.6 is 0 Å². The van der Waals surface area contributed by atoms with Gasteiger partial charge in [-0.1, -0.05) is 12.1 Å².